The number of thioether (sulfide) groups is 1. The van der Waals surface area contributed by atoms with E-state index in [4.69, 9.17) is 4.74 Å². The largest absolute Gasteiger partial charge is 0.463 e. The molecule has 2 N–H and O–H groups in total. The van der Waals surface area contributed by atoms with E-state index in [1.54, 1.807) is 13.8 Å². The van der Waals surface area contributed by atoms with E-state index in [1.165, 1.54) is 11.8 Å². The second kappa shape index (κ2) is 7.18. The van der Waals surface area contributed by atoms with Gasteiger partial charge in [-0.05, 0) is 26.0 Å². The Morgan fingerprint density at radius 1 is 1.40 bits per heavy atom. The van der Waals surface area contributed by atoms with Gasteiger partial charge >= 0.3 is 12.0 Å². The Balaban J connectivity index is 1.87. The molecule has 2 aromatic rings. The predicted molar refractivity (Wildman–Crippen MR) is 96.2 cm³/mol. The van der Waals surface area contributed by atoms with Gasteiger partial charge in [-0.25, -0.2) is 14.6 Å². The number of benzene rings is 1. The van der Waals surface area contributed by atoms with Crippen molar-refractivity contribution in [1.29, 1.82) is 0 Å². The maximum Gasteiger partial charge on any atom is 0.337 e. The van der Waals surface area contributed by atoms with Gasteiger partial charge in [-0.3, -0.25) is 0 Å². The standard InChI is InChI=1S/C17H20N4O3S/c1-4-24-15(22)14-10(2)18-16(23)19-12(14)9-25-17-20-11-7-5-6-8-13(11)21(17)3/h5-8,10H,4,9H2,1-3H3,(H2,18,19,23)/t10-/m0/s1. The normalized spacial score (nSPS) is 17.4. The Bertz CT molecular complexity index is 859. The maximum atomic E-state index is 12.2. The van der Waals surface area contributed by atoms with Crippen molar-refractivity contribution in [2.24, 2.45) is 7.05 Å². The van der Waals surface area contributed by atoms with Crippen LogP contribution >= 0.6 is 11.8 Å². The third kappa shape index (κ3) is 3.48. The third-order valence-electron chi connectivity index (χ3n) is 3.96. The molecular formula is C17H20N4O3S. The summed E-state index contributed by atoms with van der Waals surface area (Å²) < 4.78 is 7.12. The number of ether oxygens (including phenoxy) is 1. The Morgan fingerprint density at radius 2 is 2.16 bits per heavy atom. The molecule has 1 aromatic carbocycles. The molecule has 0 saturated heterocycles. The molecule has 3 rings (SSSR count). The summed E-state index contributed by atoms with van der Waals surface area (Å²) in [6, 6.07) is 7.15. The molecule has 8 heteroatoms. The molecule has 0 fully saturated rings. The van der Waals surface area contributed by atoms with Gasteiger partial charge in [0.05, 0.1) is 29.3 Å². The van der Waals surface area contributed by atoms with Gasteiger partial charge in [-0.1, -0.05) is 23.9 Å². The van der Waals surface area contributed by atoms with Gasteiger partial charge in [0.15, 0.2) is 5.16 Å². The summed E-state index contributed by atoms with van der Waals surface area (Å²) in [7, 11) is 1.95. The molecule has 1 aliphatic heterocycles. The summed E-state index contributed by atoms with van der Waals surface area (Å²) in [4.78, 5) is 28.6. The smallest absolute Gasteiger partial charge is 0.337 e. The molecule has 0 radical (unpaired) electrons. The Morgan fingerprint density at radius 3 is 2.88 bits per heavy atom. The fraction of sp³-hybridized carbons (Fsp3) is 0.353. The molecule has 0 spiro atoms. The summed E-state index contributed by atoms with van der Waals surface area (Å²) in [5.41, 5.74) is 2.96. The number of hydrogen-bond acceptors (Lipinski definition) is 5. The van der Waals surface area contributed by atoms with Crippen LogP contribution in [0.3, 0.4) is 0 Å². The predicted octanol–water partition coefficient (Wildman–Crippen LogP) is 2.18. The van der Waals surface area contributed by atoms with E-state index < -0.39 is 12.0 Å². The van der Waals surface area contributed by atoms with Gasteiger partial charge in [-0.2, -0.15) is 0 Å². The van der Waals surface area contributed by atoms with Gasteiger partial charge in [-0.15, -0.1) is 0 Å². The fourth-order valence-corrected chi connectivity index (χ4v) is 3.74. The third-order valence-corrected chi connectivity index (χ3v) is 5.01. The van der Waals surface area contributed by atoms with Crippen molar-refractivity contribution in [3.8, 4) is 0 Å². The number of rotatable bonds is 5. The van der Waals surface area contributed by atoms with E-state index in [0.29, 0.717) is 17.0 Å². The minimum atomic E-state index is -0.414. The van der Waals surface area contributed by atoms with E-state index in [9.17, 15) is 9.59 Å². The molecule has 1 atom stereocenters. The minimum Gasteiger partial charge on any atom is -0.463 e. The van der Waals surface area contributed by atoms with Crippen LogP contribution in [0.2, 0.25) is 0 Å². The summed E-state index contributed by atoms with van der Waals surface area (Å²) in [6.45, 7) is 3.81. The molecule has 2 amide bonds. The number of fused-ring (bicyclic) bond motifs is 1. The Hall–Kier alpha value is -2.48. The molecule has 1 aliphatic rings. The number of amides is 2. The van der Waals surface area contributed by atoms with Gasteiger partial charge < -0.3 is 19.9 Å². The fourth-order valence-electron chi connectivity index (χ4n) is 2.78. The van der Waals surface area contributed by atoms with Crippen LogP contribution in [-0.2, 0) is 16.6 Å². The highest BCUT2D eigenvalue weighted by Crippen LogP contribution is 2.26. The molecule has 132 valence electrons. The molecule has 0 saturated carbocycles. The van der Waals surface area contributed by atoms with Crippen LogP contribution in [-0.4, -0.2) is 40.0 Å². The first-order valence-electron chi connectivity index (χ1n) is 8.03. The number of para-hydroxylation sites is 2. The first-order valence-corrected chi connectivity index (χ1v) is 9.01. The Kier molecular flexibility index (Phi) is 4.98. The number of urea groups is 1. The number of carbonyl (C=O) groups is 2. The number of aryl methyl sites for hydroxylation is 1. The second-order valence-electron chi connectivity index (χ2n) is 5.66. The number of nitrogens with zero attached hydrogens (tertiary/aromatic N) is 2. The Labute approximate surface area is 149 Å². The lowest BCUT2D eigenvalue weighted by atomic mass is 10.1. The van der Waals surface area contributed by atoms with Gasteiger partial charge in [0.25, 0.3) is 0 Å². The zero-order valence-electron chi connectivity index (χ0n) is 14.3. The molecule has 2 heterocycles. The number of nitrogens with one attached hydrogen (secondary N) is 2. The lowest BCUT2D eigenvalue weighted by Crippen LogP contribution is -2.49. The average molecular weight is 360 g/mol. The van der Waals surface area contributed by atoms with Gasteiger partial charge in [0, 0.05) is 18.5 Å². The monoisotopic (exact) mass is 360 g/mol. The van der Waals surface area contributed by atoms with Crippen molar-refractivity contribution in [2.45, 2.75) is 25.0 Å². The van der Waals surface area contributed by atoms with Crippen LogP contribution in [0.1, 0.15) is 13.8 Å². The summed E-state index contributed by atoms with van der Waals surface area (Å²) in [5.74, 6) is 0.00592. The topological polar surface area (TPSA) is 85.2 Å². The van der Waals surface area contributed by atoms with Crippen molar-refractivity contribution >= 4 is 34.8 Å². The van der Waals surface area contributed by atoms with Crippen molar-refractivity contribution in [3.63, 3.8) is 0 Å². The molecule has 7 nitrogen and oxygen atoms in total. The van der Waals surface area contributed by atoms with Crippen molar-refractivity contribution < 1.29 is 14.3 Å². The number of aromatic nitrogens is 2. The van der Waals surface area contributed by atoms with E-state index in [0.717, 1.165) is 16.2 Å². The van der Waals surface area contributed by atoms with Crippen molar-refractivity contribution in [3.05, 3.63) is 35.5 Å². The SMILES string of the molecule is CCOC(=O)C1=C(CSc2nc3ccccc3n2C)NC(=O)N[C@H]1C. The minimum absolute atomic E-state index is 0.286. The van der Waals surface area contributed by atoms with Crippen LogP contribution in [0.5, 0.6) is 0 Å². The van der Waals surface area contributed by atoms with Gasteiger partial charge in [0.2, 0.25) is 0 Å². The average Bonchev–Trinajstić information content (AvgIpc) is 2.89. The molecular weight excluding hydrogens is 340 g/mol. The van der Waals surface area contributed by atoms with Gasteiger partial charge in [0.1, 0.15) is 0 Å². The highest BCUT2D eigenvalue weighted by Gasteiger charge is 2.29. The first kappa shape index (κ1) is 17.3. The first-order chi connectivity index (χ1) is 12.0. The van der Waals surface area contributed by atoms with Crippen LogP contribution in [0.15, 0.2) is 40.7 Å². The molecule has 0 aliphatic carbocycles. The van der Waals surface area contributed by atoms with Crippen LogP contribution in [0.4, 0.5) is 4.79 Å². The summed E-state index contributed by atoms with van der Waals surface area (Å²) >= 11 is 1.47. The number of hydrogen-bond donors (Lipinski definition) is 2. The molecule has 25 heavy (non-hydrogen) atoms. The second-order valence-corrected chi connectivity index (χ2v) is 6.61. The lowest BCUT2D eigenvalue weighted by Gasteiger charge is -2.26. The number of imidazole rings is 1. The zero-order valence-corrected chi connectivity index (χ0v) is 15.1. The van der Waals surface area contributed by atoms with E-state index in [-0.39, 0.29) is 12.6 Å². The quantitative estimate of drug-likeness (QED) is 0.631. The van der Waals surface area contributed by atoms with Crippen LogP contribution in [0, 0.1) is 0 Å². The van der Waals surface area contributed by atoms with E-state index in [1.807, 2.05) is 35.9 Å². The summed E-state index contributed by atoms with van der Waals surface area (Å²) in [6.07, 6.45) is 0. The van der Waals surface area contributed by atoms with Crippen LogP contribution < -0.4 is 10.6 Å². The maximum absolute atomic E-state index is 12.2. The highest BCUT2D eigenvalue weighted by molar-refractivity contribution is 7.99. The summed E-state index contributed by atoms with van der Waals surface area (Å²) in [5, 5.41) is 6.24. The molecule has 1 aromatic heterocycles. The number of esters is 1. The highest BCUT2D eigenvalue weighted by atomic mass is 32.2. The van der Waals surface area contributed by atoms with E-state index in [2.05, 4.69) is 15.6 Å². The number of carbonyl (C=O) groups excluding carboxylic acids is 2. The molecule has 0 bridgehead atoms. The van der Waals surface area contributed by atoms with Crippen LogP contribution in [0.25, 0.3) is 11.0 Å². The van der Waals surface area contributed by atoms with Crippen molar-refractivity contribution in [2.75, 3.05) is 12.4 Å². The van der Waals surface area contributed by atoms with E-state index >= 15 is 0 Å². The van der Waals surface area contributed by atoms with Crippen molar-refractivity contribution in [1.82, 2.24) is 20.2 Å². The lowest BCUT2D eigenvalue weighted by molar-refractivity contribution is -0.138. The zero-order chi connectivity index (χ0) is 18.0. The molecule has 0 unspecified atom stereocenters.